The van der Waals surface area contributed by atoms with Gasteiger partial charge in [-0.25, -0.2) is 4.39 Å². The lowest BCUT2D eigenvalue weighted by Gasteiger charge is -2.38. The largest absolute Gasteiger partial charge is 0.371 e. The number of hydrogen-bond acceptors (Lipinski definition) is 3. The van der Waals surface area contributed by atoms with E-state index in [-0.39, 0.29) is 5.82 Å². The predicted molar refractivity (Wildman–Crippen MR) is 82.7 cm³/mol. The number of anilines is 1. The normalized spacial score (nSPS) is 17.4. The van der Waals surface area contributed by atoms with E-state index in [0.29, 0.717) is 12.6 Å². The third-order valence-electron chi connectivity index (χ3n) is 4.38. The highest BCUT2D eigenvalue weighted by Gasteiger charge is 2.23. The molecule has 2 rings (SSSR count). The molecule has 0 bridgehead atoms. The minimum Gasteiger partial charge on any atom is -0.371 e. The molecule has 3 nitrogen and oxygen atoms in total. The number of hydrogen-bond donors (Lipinski definition) is 1. The number of nitrogens with one attached hydrogen (secondary N) is 1. The molecule has 112 valence electrons. The van der Waals surface area contributed by atoms with E-state index in [9.17, 15) is 4.39 Å². The number of nitrogens with zero attached hydrogens (tertiary/aromatic N) is 2. The summed E-state index contributed by atoms with van der Waals surface area (Å²) in [6.07, 6.45) is 2.31. The van der Waals surface area contributed by atoms with Gasteiger partial charge in [0.2, 0.25) is 0 Å². The van der Waals surface area contributed by atoms with Crippen molar-refractivity contribution in [1.29, 1.82) is 0 Å². The summed E-state index contributed by atoms with van der Waals surface area (Å²) in [4.78, 5) is 4.74. The summed E-state index contributed by atoms with van der Waals surface area (Å²) in [6, 6.07) is 5.89. The summed E-state index contributed by atoms with van der Waals surface area (Å²) >= 11 is 0. The molecular weight excluding hydrogens is 253 g/mol. The monoisotopic (exact) mass is 279 g/mol. The molecule has 0 saturated carbocycles. The summed E-state index contributed by atoms with van der Waals surface area (Å²) < 4.78 is 14.0. The molecule has 1 fully saturated rings. The fourth-order valence-corrected chi connectivity index (χ4v) is 3.05. The molecule has 1 aliphatic rings. The molecule has 0 aliphatic carbocycles. The Bertz CT molecular complexity index is 428. The van der Waals surface area contributed by atoms with Crippen LogP contribution in [0.5, 0.6) is 0 Å². The van der Waals surface area contributed by atoms with Gasteiger partial charge < -0.3 is 15.1 Å². The molecule has 0 unspecified atom stereocenters. The lowest BCUT2D eigenvalue weighted by atomic mass is 10.0. The van der Waals surface area contributed by atoms with Crippen LogP contribution < -0.4 is 10.2 Å². The topological polar surface area (TPSA) is 18.5 Å². The molecule has 4 heteroatoms. The van der Waals surface area contributed by atoms with Crippen molar-refractivity contribution in [2.45, 2.75) is 32.4 Å². The number of likely N-dealkylation sites (tertiary alicyclic amines) is 1. The molecular formula is C16H26FN3. The van der Waals surface area contributed by atoms with Crippen LogP contribution in [0.15, 0.2) is 18.2 Å². The van der Waals surface area contributed by atoms with Crippen LogP contribution in [0.1, 0.15) is 25.3 Å². The number of piperidine rings is 1. The minimum absolute atomic E-state index is 0.116. The van der Waals surface area contributed by atoms with Crippen LogP contribution in [0.2, 0.25) is 0 Å². The zero-order valence-electron chi connectivity index (χ0n) is 12.8. The van der Waals surface area contributed by atoms with Crippen LogP contribution in [0.3, 0.4) is 0 Å². The molecule has 20 heavy (non-hydrogen) atoms. The van der Waals surface area contributed by atoms with E-state index in [0.717, 1.165) is 43.7 Å². The molecule has 0 amide bonds. The first kappa shape index (κ1) is 15.3. The maximum atomic E-state index is 14.0. The summed E-state index contributed by atoms with van der Waals surface area (Å²) in [7, 11) is 3.95. The van der Waals surface area contributed by atoms with E-state index in [1.807, 2.05) is 19.2 Å². The van der Waals surface area contributed by atoms with Gasteiger partial charge in [-0.3, -0.25) is 0 Å². The predicted octanol–water partition coefficient (Wildman–Crippen LogP) is 2.47. The molecule has 0 radical (unpaired) electrons. The average molecular weight is 279 g/mol. The third-order valence-corrected chi connectivity index (χ3v) is 4.38. The van der Waals surface area contributed by atoms with Crippen molar-refractivity contribution in [2.24, 2.45) is 0 Å². The molecule has 1 saturated heterocycles. The fourth-order valence-electron chi connectivity index (χ4n) is 3.05. The summed E-state index contributed by atoms with van der Waals surface area (Å²) in [5.41, 5.74) is 1.80. The molecule has 1 aromatic carbocycles. The number of benzene rings is 1. The lowest BCUT2D eigenvalue weighted by Crippen LogP contribution is -2.43. The van der Waals surface area contributed by atoms with E-state index in [2.05, 4.69) is 29.1 Å². The second-order valence-corrected chi connectivity index (χ2v) is 5.54. The fraction of sp³-hybridized carbons (Fsp3) is 0.625. The van der Waals surface area contributed by atoms with Gasteiger partial charge in [-0.05, 0) is 38.6 Å². The lowest BCUT2D eigenvalue weighted by molar-refractivity contribution is 0.220. The standard InChI is InChI=1S/C16H26FN3/c1-4-20-10-8-13(9-11-20)19(3)16-7-5-6-15(17)14(16)12-18-2/h5-7,13,18H,4,8-12H2,1-3H3. The Morgan fingerprint density at radius 2 is 2.05 bits per heavy atom. The van der Waals surface area contributed by atoms with Gasteiger partial charge in [-0.2, -0.15) is 0 Å². The zero-order chi connectivity index (χ0) is 14.5. The van der Waals surface area contributed by atoms with E-state index in [1.54, 1.807) is 6.07 Å². The smallest absolute Gasteiger partial charge is 0.129 e. The molecule has 0 atom stereocenters. The molecule has 1 heterocycles. The first-order valence-electron chi connectivity index (χ1n) is 7.54. The van der Waals surface area contributed by atoms with Crippen LogP contribution in [0.25, 0.3) is 0 Å². The van der Waals surface area contributed by atoms with Gasteiger partial charge >= 0.3 is 0 Å². The molecule has 0 spiro atoms. The van der Waals surface area contributed by atoms with Crippen LogP contribution >= 0.6 is 0 Å². The summed E-state index contributed by atoms with van der Waals surface area (Å²) in [5, 5.41) is 3.06. The number of halogens is 1. The van der Waals surface area contributed by atoms with Crippen molar-refractivity contribution < 1.29 is 4.39 Å². The highest BCUT2D eigenvalue weighted by Crippen LogP contribution is 2.27. The van der Waals surface area contributed by atoms with E-state index in [1.165, 1.54) is 0 Å². The van der Waals surface area contributed by atoms with Crippen molar-refractivity contribution in [2.75, 3.05) is 38.6 Å². The highest BCUT2D eigenvalue weighted by molar-refractivity contribution is 5.54. The first-order valence-corrected chi connectivity index (χ1v) is 7.54. The van der Waals surface area contributed by atoms with Gasteiger partial charge in [-0.1, -0.05) is 13.0 Å². The third kappa shape index (κ3) is 3.30. The van der Waals surface area contributed by atoms with E-state index in [4.69, 9.17) is 0 Å². The summed E-state index contributed by atoms with van der Waals surface area (Å²) in [5.74, 6) is -0.116. The molecule has 1 aromatic rings. The van der Waals surface area contributed by atoms with Crippen molar-refractivity contribution >= 4 is 5.69 Å². The maximum absolute atomic E-state index is 14.0. The Morgan fingerprint density at radius 3 is 2.65 bits per heavy atom. The second kappa shape index (κ2) is 7.04. The Labute approximate surface area is 121 Å². The van der Waals surface area contributed by atoms with Gasteiger partial charge in [0.25, 0.3) is 0 Å². The Balaban J connectivity index is 2.13. The van der Waals surface area contributed by atoms with Crippen LogP contribution in [-0.4, -0.2) is 44.7 Å². The first-order chi connectivity index (χ1) is 9.67. The van der Waals surface area contributed by atoms with Gasteiger partial charge in [0.15, 0.2) is 0 Å². The quantitative estimate of drug-likeness (QED) is 0.893. The summed E-state index contributed by atoms with van der Waals surface area (Å²) in [6.45, 7) is 6.19. The Hall–Kier alpha value is -1.13. The SMILES string of the molecule is CCN1CCC(N(C)c2cccc(F)c2CNC)CC1. The van der Waals surface area contributed by atoms with Crippen LogP contribution in [0.4, 0.5) is 10.1 Å². The number of rotatable bonds is 5. The molecule has 1 aliphatic heterocycles. The van der Waals surface area contributed by atoms with Gasteiger partial charge in [-0.15, -0.1) is 0 Å². The Morgan fingerprint density at radius 1 is 1.35 bits per heavy atom. The molecule has 0 aromatic heterocycles. The zero-order valence-corrected chi connectivity index (χ0v) is 12.8. The van der Waals surface area contributed by atoms with E-state index < -0.39 is 0 Å². The van der Waals surface area contributed by atoms with Gasteiger partial charge in [0.05, 0.1) is 0 Å². The van der Waals surface area contributed by atoms with Crippen molar-refractivity contribution in [3.05, 3.63) is 29.6 Å². The van der Waals surface area contributed by atoms with Crippen LogP contribution in [0, 0.1) is 5.82 Å². The van der Waals surface area contributed by atoms with Crippen molar-refractivity contribution in [3.63, 3.8) is 0 Å². The van der Waals surface area contributed by atoms with E-state index >= 15 is 0 Å². The maximum Gasteiger partial charge on any atom is 0.129 e. The highest BCUT2D eigenvalue weighted by atomic mass is 19.1. The average Bonchev–Trinajstić information content (AvgIpc) is 2.49. The minimum atomic E-state index is -0.116. The second-order valence-electron chi connectivity index (χ2n) is 5.54. The van der Waals surface area contributed by atoms with Gasteiger partial charge in [0, 0.05) is 44.0 Å². The van der Waals surface area contributed by atoms with Gasteiger partial charge in [0.1, 0.15) is 5.82 Å². The van der Waals surface area contributed by atoms with Crippen molar-refractivity contribution in [3.8, 4) is 0 Å². The molecule has 1 N–H and O–H groups in total. The van der Waals surface area contributed by atoms with Crippen molar-refractivity contribution in [1.82, 2.24) is 10.2 Å². The Kier molecular flexibility index (Phi) is 5.38. The van der Waals surface area contributed by atoms with Crippen LogP contribution in [-0.2, 0) is 6.54 Å².